The molecule has 0 saturated carbocycles. The topological polar surface area (TPSA) is 58.4 Å². The lowest BCUT2D eigenvalue weighted by Gasteiger charge is -2.32. The van der Waals surface area contributed by atoms with Crippen molar-refractivity contribution in [1.29, 1.82) is 0 Å². The normalized spacial score (nSPS) is 19.7. The molecule has 0 aliphatic carbocycles. The summed E-state index contributed by atoms with van der Waals surface area (Å²) in [5.74, 6) is 0.627. The van der Waals surface area contributed by atoms with Gasteiger partial charge in [0.05, 0.1) is 0 Å². The van der Waals surface area contributed by atoms with Gasteiger partial charge in [0.25, 0.3) is 5.91 Å². The summed E-state index contributed by atoms with van der Waals surface area (Å²) in [7, 11) is 0. The highest BCUT2D eigenvalue weighted by atomic mass is 16.5. The number of nitrogens with one attached hydrogen (secondary N) is 1. The smallest absolute Gasteiger partial charge is 0.276 e. The molecular formula is C14H23N3O2. The van der Waals surface area contributed by atoms with E-state index in [1.165, 1.54) is 12.8 Å². The molecule has 2 rings (SSSR count). The molecule has 1 aliphatic heterocycles. The molecule has 1 unspecified atom stereocenters. The van der Waals surface area contributed by atoms with Gasteiger partial charge in [-0.2, -0.15) is 0 Å². The summed E-state index contributed by atoms with van der Waals surface area (Å²) in [6.45, 7) is 7.66. The van der Waals surface area contributed by atoms with Crippen LogP contribution in [0.5, 0.6) is 0 Å². The third kappa shape index (κ3) is 3.56. The number of piperidine rings is 1. The zero-order valence-corrected chi connectivity index (χ0v) is 12.0. The van der Waals surface area contributed by atoms with Gasteiger partial charge < -0.3 is 14.7 Å². The average molecular weight is 265 g/mol. The molecule has 0 radical (unpaired) electrons. The fourth-order valence-electron chi connectivity index (χ4n) is 2.46. The van der Waals surface area contributed by atoms with E-state index in [4.69, 9.17) is 4.52 Å². The summed E-state index contributed by atoms with van der Waals surface area (Å²) >= 11 is 0. The van der Waals surface area contributed by atoms with Gasteiger partial charge in [0.1, 0.15) is 5.76 Å². The van der Waals surface area contributed by atoms with E-state index in [0.29, 0.717) is 17.5 Å². The minimum absolute atomic E-state index is 0.0424. The Morgan fingerprint density at radius 1 is 1.58 bits per heavy atom. The number of rotatable bonds is 4. The maximum atomic E-state index is 12.4. The van der Waals surface area contributed by atoms with Gasteiger partial charge in [0, 0.05) is 24.7 Å². The first kappa shape index (κ1) is 14.1. The standard InChI is InChI=1S/C14H23N3O2/c1-10(2)17(9-12-6-4-5-7-15-12)14(18)13-8-11(3)19-16-13/h8,10,12,15H,4-7,9H2,1-3H3. The molecule has 5 heteroatoms. The second kappa shape index (κ2) is 6.19. The molecule has 1 N–H and O–H groups in total. The Bertz CT molecular complexity index is 422. The van der Waals surface area contributed by atoms with E-state index in [9.17, 15) is 4.79 Å². The van der Waals surface area contributed by atoms with E-state index in [2.05, 4.69) is 10.5 Å². The lowest BCUT2D eigenvalue weighted by molar-refractivity contribution is 0.0666. The summed E-state index contributed by atoms with van der Waals surface area (Å²) < 4.78 is 4.99. The third-order valence-electron chi connectivity index (χ3n) is 3.56. The van der Waals surface area contributed by atoms with Crippen LogP contribution in [-0.4, -0.2) is 41.1 Å². The van der Waals surface area contributed by atoms with E-state index in [-0.39, 0.29) is 11.9 Å². The molecule has 1 aromatic rings. The van der Waals surface area contributed by atoms with Crippen molar-refractivity contribution in [3.05, 3.63) is 17.5 Å². The van der Waals surface area contributed by atoms with Crippen LogP contribution in [0.25, 0.3) is 0 Å². The molecule has 0 bridgehead atoms. The van der Waals surface area contributed by atoms with Crippen LogP contribution in [0.3, 0.4) is 0 Å². The highest BCUT2D eigenvalue weighted by molar-refractivity contribution is 5.92. The monoisotopic (exact) mass is 265 g/mol. The third-order valence-corrected chi connectivity index (χ3v) is 3.56. The zero-order chi connectivity index (χ0) is 13.8. The van der Waals surface area contributed by atoms with E-state index in [1.807, 2.05) is 18.7 Å². The predicted octanol–water partition coefficient (Wildman–Crippen LogP) is 1.98. The number of aryl methyl sites for hydroxylation is 1. The number of carbonyl (C=O) groups is 1. The Morgan fingerprint density at radius 2 is 2.37 bits per heavy atom. The van der Waals surface area contributed by atoms with Crippen LogP contribution in [0.4, 0.5) is 0 Å². The summed E-state index contributed by atoms with van der Waals surface area (Å²) in [6, 6.07) is 2.26. The Morgan fingerprint density at radius 3 is 2.89 bits per heavy atom. The molecule has 1 aromatic heterocycles. The van der Waals surface area contributed by atoms with Crippen LogP contribution in [0.1, 0.15) is 49.4 Å². The molecule has 2 heterocycles. The van der Waals surface area contributed by atoms with Crippen LogP contribution in [0.2, 0.25) is 0 Å². The van der Waals surface area contributed by atoms with Gasteiger partial charge >= 0.3 is 0 Å². The second-order valence-corrected chi connectivity index (χ2v) is 5.52. The van der Waals surface area contributed by atoms with Crippen molar-refractivity contribution in [3.8, 4) is 0 Å². The number of amides is 1. The minimum Gasteiger partial charge on any atom is -0.361 e. The fraction of sp³-hybridized carbons (Fsp3) is 0.714. The van der Waals surface area contributed by atoms with E-state index in [0.717, 1.165) is 19.5 Å². The van der Waals surface area contributed by atoms with Crippen molar-refractivity contribution in [1.82, 2.24) is 15.4 Å². The van der Waals surface area contributed by atoms with Crippen molar-refractivity contribution in [2.75, 3.05) is 13.1 Å². The average Bonchev–Trinajstić information content (AvgIpc) is 2.83. The first-order valence-corrected chi connectivity index (χ1v) is 7.05. The van der Waals surface area contributed by atoms with Gasteiger partial charge in [-0.1, -0.05) is 11.6 Å². The van der Waals surface area contributed by atoms with Crippen LogP contribution < -0.4 is 5.32 Å². The van der Waals surface area contributed by atoms with E-state index < -0.39 is 0 Å². The Hall–Kier alpha value is -1.36. The summed E-state index contributed by atoms with van der Waals surface area (Å²) in [4.78, 5) is 14.3. The SMILES string of the molecule is Cc1cc(C(=O)N(CC2CCCCN2)C(C)C)no1. The van der Waals surface area contributed by atoms with Crippen LogP contribution in [0.15, 0.2) is 10.6 Å². The Balaban J connectivity index is 2.04. The predicted molar refractivity (Wildman–Crippen MR) is 73.1 cm³/mol. The summed E-state index contributed by atoms with van der Waals surface area (Å²) in [5.41, 5.74) is 0.405. The molecule has 1 fully saturated rings. The molecule has 1 aliphatic rings. The summed E-state index contributed by atoms with van der Waals surface area (Å²) in [5, 5.41) is 7.30. The van der Waals surface area contributed by atoms with Gasteiger partial charge in [0.15, 0.2) is 5.69 Å². The summed E-state index contributed by atoms with van der Waals surface area (Å²) in [6.07, 6.45) is 3.60. The van der Waals surface area contributed by atoms with Gasteiger partial charge in [-0.3, -0.25) is 4.79 Å². The van der Waals surface area contributed by atoms with Crippen molar-refractivity contribution in [3.63, 3.8) is 0 Å². The van der Waals surface area contributed by atoms with E-state index >= 15 is 0 Å². The van der Waals surface area contributed by atoms with Crippen LogP contribution >= 0.6 is 0 Å². The minimum atomic E-state index is -0.0424. The highest BCUT2D eigenvalue weighted by Gasteiger charge is 2.25. The highest BCUT2D eigenvalue weighted by Crippen LogP contribution is 2.13. The molecule has 5 nitrogen and oxygen atoms in total. The van der Waals surface area contributed by atoms with Gasteiger partial charge in [-0.25, -0.2) is 0 Å². The largest absolute Gasteiger partial charge is 0.361 e. The molecule has 1 saturated heterocycles. The molecular weight excluding hydrogens is 242 g/mol. The van der Waals surface area contributed by atoms with E-state index in [1.54, 1.807) is 13.0 Å². The molecule has 0 aromatic carbocycles. The number of hydrogen-bond donors (Lipinski definition) is 1. The van der Waals surface area contributed by atoms with Gasteiger partial charge in [-0.15, -0.1) is 0 Å². The van der Waals surface area contributed by atoms with Crippen molar-refractivity contribution in [2.45, 2.75) is 52.1 Å². The fourth-order valence-corrected chi connectivity index (χ4v) is 2.46. The maximum absolute atomic E-state index is 12.4. The number of carbonyl (C=O) groups excluding carboxylic acids is 1. The van der Waals surface area contributed by atoms with Crippen molar-refractivity contribution < 1.29 is 9.32 Å². The van der Waals surface area contributed by atoms with Gasteiger partial charge in [-0.05, 0) is 40.2 Å². The molecule has 106 valence electrons. The molecule has 0 spiro atoms. The van der Waals surface area contributed by atoms with Crippen molar-refractivity contribution >= 4 is 5.91 Å². The quantitative estimate of drug-likeness (QED) is 0.904. The molecule has 1 amide bonds. The Kier molecular flexibility index (Phi) is 4.58. The molecule has 1 atom stereocenters. The number of hydrogen-bond acceptors (Lipinski definition) is 4. The number of aromatic nitrogens is 1. The van der Waals surface area contributed by atoms with Crippen molar-refractivity contribution in [2.24, 2.45) is 0 Å². The number of nitrogens with zero attached hydrogens (tertiary/aromatic N) is 2. The van der Waals surface area contributed by atoms with Gasteiger partial charge in [0.2, 0.25) is 0 Å². The second-order valence-electron chi connectivity index (χ2n) is 5.52. The maximum Gasteiger partial charge on any atom is 0.276 e. The lowest BCUT2D eigenvalue weighted by atomic mass is 10.0. The van der Waals surface area contributed by atoms with Crippen LogP contribution in [-0.2, 0) is 0 Å². The lowest BCUT2D eigenvalue weighted by Crippen LogP contribution is -2.48. The zero-order valence-electron chi connectivity index (χ0n) is 12.0. The van der Waals surface area contributed by atoms with Crippen LogP contribution in [0, 0.1) is 6.92 Å². The Labute approximate surface area is 114 Å². The first-order chi connectivity index (χ1) is 9.08. The first-order valence-electron chi connectivity index (χ1n) is 7.05. The molecule has 19 heavy (non-hydrogen) atoms.